The quantitative estimate of drug-likeness (QED) is 0.447. The lowest BCUT2D eigenvalue weighted by Crippen LogP contribution is -2.21. The Balaban J connectivity index is 1.78. The Labute approximate surface area is 177 Å². The summed E-state index contributed by atoms with van der Waals surface area (Å²) in [6, 6.07) is 7.96. The molecule has 0 atom stereocenters. The molecule has 0 amide bonds. The number of pyridine rings is 1. The van der Waals surface area contributed by atoms with Crippen LogP contribution in [-0.2, 0) is 19.8 Å². The van der Waals surface area contributed by atoms with Gasteiger partial charge in [-0.3, -0.25) is 8.97 Å². The number of imidazole rings is 1. The van der Waals surface area contributed by atoms with Crippen LogP contribution in [0.25, 0.3) is 11.2 Å². The van der Waals surface area contributed by atoms with Crippen LogP contribution in [0.2, 0.25) is 0 Å². The van der Waals surface area contributed by atoms with Crippen molar-refractivity contribution in [3.8, 4) is 5.69 Å². The number of benzene rings is 1. The molecular formula is C19H16BrF3N6O. The predicted molar refractivity (Wildman–Crippen MR) is 109 cm³/mol. The van der Waals surface area contributed by atoms with Gasteiger partial charge in [-0.1, -0.05) is 6.07 Å². The SMILES string of the molecule is CN(Cc1nncn1C)c1cccc(-n2cc3c(C(F)(F)F)cc(Br)cn3c2=O)c1. The first kappa shape index (κ1) is 20.2. The van der Waals surface area contributed by atoms with Crippen molar-refractivity contribution in [1.29, 1.82) is 0 Å². The fourth-order valence-electron chi connectivity index (χ4n) is 3.20. The number of rotatable bonds is 4. The molecule has 30 heavy (non-hydrogen) atoms. The minimum Gasteiger partial charge on any atom is -0.367 e. The summed E-state index contributed by atoms with van der Waals surface area (Å²) in [5.74, 6) is 0.745. The molecule has 0 unspecified atom stereocenters. The smallest absolute Gasteiger partial charge is 0.367 e. The number of nitrogens with zero attached hydrogens (tertiary/aromatic N) is 6. The van der Waals surface area contributed by atoms with Crippen LogP contribution in [0.5, 0.6) is 0 Å². The van der Waals surface area contributed by atoms with Crippen LogP contribution >= 0.6 is 15.9 Å². The Morgan fingerprint density at radius 3 is 2.63 bits per heavy atom. The lowest BCUT2D eigenvalue weighted by molar-refractivity contribution is -0.136. The molecule has 0 spiro atoms. The summed E-state index contributed by atoms with van der Waals surface area (Å²) in [4.78, 5) is 14.8. The average molecular weight is 481 g/mol. The van der Waals surface area contributed by atoms with Crippen LogP contribution in [-0.4, -0.2) is 30.8 Å². The van der Waals surface area contributed by atoms with Crippen molar-refractivity contribution in [2.24, 2.45) is 7.05 Å². The molecule has 0 aliphatic carbocycles. The van der Waals surface area contributed by atoms with Crippen LogP contribution in [0.15, 0.2) is 58.3 Å². The van der Waals surface area contributed by atoms with E-state index >= 15 is 0 Å². The van der Waals surface area contributed by atoms with Gasteiger partial charge in [0, 0.05) is 36.6 Å². The number of aryl methyl sites for hydroxylation is 1. The van der Waals surface area contributed by atoms with E-state index in [9.17, 15) is 18.0 Å². The number of alkyl halides is 3. The molecule has 11 heteroatoms. The average Bonchev–Trinajstić information content (AvgIpc) is 3.24. The maximum atomic E-state index is 13.5. The van der Waals surface area contributed by atoms with E-state index in [1.54, 1.807) is 29.1 Å². The maximum Gasteiger partial charge on any atom is 0.418 e. The van der Waals surface area contributed by atoms with E-state index in [4.69, 9.17) is 0 Å². The molecule has 156 valence electrons. The standard InChI is InChI=1S/C19H16BrF3N6O/c1-26(10-17-25-24-11-27(17)2)13-4-3-5-14(7-13)28-9-16-15(19(21,22)23)6-12(20)8-29(16)18(28)30/h3-9,11H,10H2,1-2H3. The summed E-state index contributed by atoms with van der Waals surface area (Å²) in [6.45, 7) is 0.470. The van der Waals surface area contributed by atoms with Crippen molar-refractivity contribution in [2.75, 3.05) is 11.9 Å². The van der Waals surface area contributed by atoms with Crippen molar-refractivity contribution in [2.45, 2.75) is 12.7 Å². The lowest BCUT2D eigenvalue weighted by Gasteiger charge is -2.19. The van der Waals surface area contributed by atoms with Crippen LogP contribution in [0.4, 0.5) is 18.9 Å². The van der Waals surface area contributed by atoms with Gasteiger partial charge in [0.2, 0.25) is 0 Å². The largest absolute Gasteiger partial charge is 0.418 e. The van der Waals surface area contributed by atoms with Crippen molar-refractivity contribution >= 4 is 27.1 Å². The summed E-state index contributed by atoms with van der Waals surface area (Å²) in [5.41, 5.74) is -0.466. The lowest BCUT2D eigenvalue weighted by atomic mass is 10.2. The van der Waals surface area contributed by atoms with E-state index in [0.29, 0.717) is 12.2 Å². The monoisotopic (exact) mass is 480 g/mol. The third kappa shape index (κ3) is 3.60. The molecule has 0 aliphatic heterocycles. The van der Waals surface area contributed by atoms with Crippen molar-refractivity contribution in [3.05, 3.63) is 75.4 Å². The first-order valence-corrected chi connectivity index (χ1v) is 9.59. The fraction of sp³-hybridized carbons (Fsp3) is 0.211. The molecule has 4 rings (SSSR count). The number of anilines is 1. The highest BCUT2D eigenvalue weighted by Crippen LogP contribution is 2.34. The third-order valence-electron chi connectivity index (χ3n) is 4.77. The molecule has 0 fully saturated rings. The van der Waals surface area contributed by atoms with E-state index < -0.39 is 17.4 Å². The molecule has 0 N–H and O–H groups in total. The van der Waals surface area contributed by atoms with E-state index in [1.165, 1.54) is 17.0 Å². The molecule has 0 bridgehead atoms. The van der Waals surface area contributed by atoms with Crippen LogP contribution in [0.3, 0.4) is 0 Å². The molecule has 3 heterocycles. The van der Waals surface area contributed by atoms with Crippen LogP contribution in [0.1, 0.15) is 11.4 Å². The van der Waals surface area contributed by atoms with E-state index in [1.807, 2.05) is 25.1 Å². The Hall–Kier alpha value is -3.08. The Bertz CT molecular complexity index is 1290. The normalized spacial score (nSPS) is 11.9. The van der Waals surface area contributed by atoms with Crippen molar-refractivity contribution < 1.29 is 13.2 Å². The highest BCUT2D eigenvalue weighted by Gasteiger charge is 2.34. The van der Waals surface area contributed by atoms with Gasteiger partial charge in [0.1, 0.15) is 6.33 Å². The Morgan fingerprint density at radius 2 is 1.97 bits per heavy atom. The van der Waals surface area contributed by atoms with E-state index in [0.717, 1.165) is 22.0 Å². The van der Waals surface area contributed by atoms with Crippen molar-refractivity contribution in [3.63, 3.8) is 0 Å². The maximum absolute atomic E-state index is 13.5. The molecule has 0 saturated heterocycles. The van der Waals surface area contributed by atoms with Gasteiger partial charge < -0.3 is 9.47 Å². The van der Waals surface area contributed by atoms with Gasteiger partial charge in [0.25, 0.3) is 0 Å². The number of aromatic nitrogens is 5. The van der Waals surface area contributed by atoms with E-state index in [-0.39, 0.29) is 9.99 Å². The van der Waals surface area contributed by atoms with Crippen LogP contribution in [0, 0.1) is 0 Å². The molecule has 0 radical (unpaired) electrons. The molecule has 0 saturated carbocycles. The summed E-state index contributed by atoms with van der Waals surface area (Å²) in [5, 5.41) is 7.89. The summed E-state index contributed by atoms with van der Waals surface area (Å²) in [7, 11) is 3.69. The van der Waals surface area contributed by atoms with Gasteiger partial charge in [0.05, 0.1) is 23.3 Å². The van der Waals surface area contributed by atoms with Gasteiger partial charge in [-0.25, -0.2) is 4.79 Å². The number of halogens is 4. The van der Waals surface area contributed by atoms with Gasteiger partial charge >= 0.3 is 11.9 Å². The van der Waals surface area contributed by atoms with Gasteiger partial charge in [0.15, 0.2) is 5.82 Å². The third-order valence-corrected chi connectivity index (χ3v) is 5.21. The second kappa shape index (κ2) is 7.31. The first-order chi connectivity index (χ1) is 14.1. The minimum absolute atomic E-state index is 0.166. The van der Waals surface area contributed by atoms with Crippen LogP contribution < -0.4 is 10.6 Å². The van der Waals surface area contributed by atoms with E-state index in [2.05, 4.69) is 26.1 Å². The number of fused-ring (bicyclic) bond motifs is 1. The Kier molecular flexibility index (Phi) is 4.92. The summed E-state index contributed by atoms with van der Waals surface area (Å²) >= 11 is 3.05. The molecular weight excluding hydrogens is 465 g/mol. The fourth-order valence-corrected chi connectivity index (χ4v) is 3.64. The topological polar surface area (TPSA) is 60.4 Å². The number of hydrogen-bond donors (Lipinski definition) is 0. The molecule has 7 nitrogen and oxygen atoms in total. The predicted octanol–water partition coefficient (Wildman–Crippen LogP) is 3.64. The summed E-state index contributed by atoms with van der Waals surface area (Å²) in [6.07, 6.45) is -0.457. The first-order valence-electron chi connectivity index (χ1n) is 8.80. The highest BCUT2D eigenvalue weighted by atomic mass is 79.9. The van der Waals surface area contributed by atoms with Gasteiger partial charge in [-0.05, 0) is 40.2 Å². The second-order valence-corrected chi connectivity index (χ2v) is 7.76. The Morgan fingerprint density at radius 1 is 1.20 bits per heavy atom. The van der Waals surface area contributed by atoms with Gasteiger partial charge in [-0.15, -0.1) is 10.2 Å². The second-order valence-electron chi connectivity index (χ2n) is 6.84. The number of hydrogen-bond acceptors (Lipinski definition) is 4. The summed E-state index contributed by atoms with van der Waals surface area (Å²) < 4.78 is 44.5. The molecule has 4 aromatic rings. The molecule has 0 aliphatic rings. The zero-order valence-corrected chi connectivity index (χ0v) is 17.5. The highest BCUT2D eigenvalue weighted by molar-refractivity contribution is 9.10. The minimum atomic E-state index is -4.59. The zero-order chi connectivity index (χ0) is 21.6. The molecule has 3 aromatic heterocycles. The van der Waals surface area contributed by atoms with Crippen molar-refractivity contribution in [1.82, 2.24) is 23.7 Å². The molecule has 1 aromatic carbocycles. The van der Waals surface area contributed by atoms with Gasteiger partial charge in [-0.2, -0.15) is 13.2 Å². The zero-order valence-electron chi connectivity index (χ0n) is 15.9.